The van der Waals surface area contributed by atoms with Crippen molar-refractivity contribution >= 4 is 29.1 Å². The molecule has 1 amide bonds. The number of hydrogen-bond donors (Lipinski definition) is 0. The van der Waals surface area contributed by atoms with Crippen molar-refractivity contribution < 1.29 is 4.79 Å². The number of rotatable bonds is 4. The van der Waals surface area contributed by atoms with Gasteiger partial charge in [-0.25, -0.2) is 0 Å². The highest BCUT2D eigenvalue weighted by atomic mass is 32.2. The fourth-order valence-corrected chi connectivity index (χ4v) is 3.34. The third-order valence-corrected chi connectivity index (χ3v) is 4.76. The molecular weight excluding hydrogens is 318 g/mol. The number of nitrogens with zero attached hydrogens (tertiary/aromatic N) is 3. The van der Waals surface area contributed by atoms with E-state index in [4.69, 9.17) is 0 Å². The minimum Gasteiger partial charge on any atom is -0.285 e. The molecular formula is C19H19N3OS. The number of thioether (sulfide) groups is 1. The zero-order valence-corrected chi connectivity index (χ0v) is 14.6. The quantitative estimate of drug-likeness (QED) is 0.630. The molecule has 0 bridgehead atoms. The predicted molar refractivity (Wildman–Crippen MR) is 100 cm³/mol. The first-order chi connectivity index (χ1) is 11.6. The molecule has 1 saturated heterocycles. The van der Waals surface area contributed by atoms with Crippen LogP contribution in [0.25, 0.3) is 0 Å². The highest BCUT2D eigenvalue weighted by Gasteiger charge is 2.28. The van der Waals surface area contributed by atoms with Gasteiger partial charge in [-0.1, -0.05) is 65.9 Å². The van der Waals surface area contributed by atoms with Gasteiger partial charge in [-0.3, -0.25) is 9.69 Å². The van der Waals surface area contributed by atoms with E-state index in [1.807, 2.05) is 36.4 Å². The Morgan fingerprint density at radius 2 is 1.96 bits per heavy atom. The second kappa shape index (κ2) is 7.45. The Balaban J connectivity index is 1.75. The van der Waals surface area contributed by atoms with Crippen LogP contribution in [-0.2, 0) is 11.3 Å². The van der Waals surface area contributed by atoms with Crippen LogP contribution in [0.1, 0.15) is 22.3 Å². The van der Waals surface area contributed by atoms with Crippen LogP contribution in [0.2, 0.25) is 0 Å². The Morgan fingerprint density at radius 1 is 1.17 bits per heavy atom. The molecule has 24 heavy (non-hydrogen) atoms. The van der Waals surface area contributed by atoms with Crippen LogP contribution in [0.15, 0.2) is 58.7 Å². The Kier molecular flexibility index (Phi) is 5.11. The Labute approximate surface area is 146 Å². The predicted octanol–water partition coefficient (Wildman–Crippen LogP) is 3.77. The molecule has 0 saturated carbocycles. The summed E-state index contributed by atoms with van der Waals surface area (Å²) in [5.74, 6) is 0.495. The van der Waals surface area contributed by atoms with Gasteiger partial charge in [-0.15, -0.1) is 5.10 Å². The molecule has 1 aliphatic rings. The number of aryl methyl sites for hydroxylation is 2. The first-order valence-electron chi connectivity index (χ1n) is 7.79. The maximum atomic E-state index is 12.1. The van der Waals surface area contributed by atoms with E-state index in [1.54, 1.807) is 11.1 Å². The highest BCUT2D eigenvalue weighted by Crippen LogP contribution is 2.22. The van der Waals surface area contributed by atoms with Gasteiger partial charge in [-0.05, 0) is 30.5 Å². The van der Waals surface area contributed by atoms with Crippen LogP contribution >= 0.6 is 11.8 Å². The molecule has 3 rings (SSSR count). The van der Waals surface area contributed by atoms with Crippen molar-refractivity contribution in [3.8, 4) is 0 Å². The van der Waals surface area contributed by atoms with Gasteiger partial charge >= 0.3 is 0 Å². The molecule has 0 aromatic heterocycles. The van der Waals surface area contributed by atoms with E-state index in [-0.39, 0.29) is 5.91 Å². The van der Waals surface area contributed by atoms with E-state index in [2.05, 4.69) is 36.2 Å². The molecule has 2 aromatic rings. The molecule has 2 aromatic carbocycles. The first kappa shape index (κ1) is 16.5. The van der Waals surface area contributed by atoms with Crippen LogP contribution < -0.4 is 0 Å². The molecule has 4 nitrogen and oxygen atoms in total. The number of amidine groups is 1. The van der Waals surface area contributed by atoms with Gasteiger partial charge in [0, 0.05) is 0 Å². The monoisotopic (exact) mass is 337 g/mol. The first-order valence-corrected chi connectivity index (χ1v) is 8.77. The number of carbonyl (C=O) groups excluding carboxylic acids is 1. The summed E-state index contributed by atoms with van der Waals surface area (Å²) in [6.07, 6.45) is 1.74. The summed E-state index contributed by atoms with van der Waals surface area (Å²) in [5, 5.41) is 9.11. The smallest absolute Gasteiger partial charge is 0.239 e. The number of hydrogen-bond acceptors (Lipinski definition) is 4. The molecule has 0 unspecified atom stereocenters. The standard InChI is InChI=1S/C19H19N3OS/c1-14-8-9-17(15(2)10-14)11-20-21-19-22(18(23)13-24-19)12-16-6-4-3-5-7-16/h3-11H,12-13H2,1-2H3. The van der Waals surface area contributed by atoms with Crippen LogP contribution in [-0.4, -0.2) is 27.9 Å². The van der Waals surface area contributed by atoms with E-state index >= 15 is 0 Å². The SMILES string of the molecule is Cc1ccc(C=NN=C2SCC(=O)N2Cc2ccccc2)c(C)c1. The van der Waals surface area contributed by atoms with Crippen molar-refractivity contribution in [1.82, 2.24) is 4.90 Å². The molecule has 122 valence electrons. The van der Waals surface area contributed by atoms with Crippen molar-refractivity contribution in [3.63, 3.8) is 0 Å². The molecule has 0 radical (unpaired) electrons. The summed E-state index contributed by atoms with van der Waals surface area (Å²) in [4.78, 5) is 13.8. The normalized spacial score (nSPS) is 16.5. The fourth-order valence-electron chi connectivity index (χ4n) is 2.50. The number of carbonyl (C=O) groups is 1. The van der Waals surface area contributed by atoms with Gasteiger partial charge < -0.3 is 0 Å². The van der Waals surface area contributed by atoms with Gasteiger partial charge in [0.05, 0.1) is 18.5 Å². The summed E-state index contributed by atoms with van der Waals surface area (Å²) >= 11 is 1.43. The maximum Gasteiger partial charge on any atom is 0.239 e. The Hall–Kier alpha value is -2.40. The van der Waals surface area contributed by atoms with Gasteiger partial charge in [0.1, 0.15) is 0 Å². The summed E-state index contributed by atoms with van der Waals surface area (Å²) in [6.45, 7) is 4.65. The molecule has 0 spiro atoms. The van der Waals surface area contributed by atoms with E-state index in [0.717, 1.165) is 16.7 Å². The maximum absolute atomic E-state index is 12.1. The van der Waals surface area contributed by atoms with Gasteiger partial charge in [0.15, 0.2) is 5.17 Å². The zero-order valence-electron chi connectivity index (χ0n) is 13.8. The van der Waals surface area contributed by atoms with Gasteiger partial charge in [-0.2, -0.15) is 5.10 Å². The average molecular weight is 337 g/mol. The van der Waals surface area contributed by atoms with E-state index in [1.165, 1.54) is 17.3 Å². The fraction of sp³-hybridized carbons (Fsp3) is 0.211. The molecule has 1 aliphatic heterocycles. The third-order valence-electron chi connectivity index (χ3n) is 3.81. The average Bonchev–Trinajstić information content (AvgIpc) is 2.91. The van der Waals surface area contributed by atoms with Crippen molar-refractivity contribution in [3.05, 3.63) is 70.8 Å². The summed E-state index contributed by atoms with van der Waals surface area (Å²) < 4.78 is 0. The highest BCUT2D eigenvalue weighted by molar-refractivity contribution is 8.15. The minimum absolute atomic E-state index is 0.0734. The summed E-state index contributed by atoms with van der Waals surface area (Å²) in [6, 6.07) is 16.1. The Bertz CT molecular complexity index is 800. The lowest BCUT2D eigenvalue weighted by Crippen LogP contribution is -2.28. The largest absolute Gasteiger partial charge is 0.285 e. The number of benzene rings is 2. The molecule has 0 N–H and O–H groups in total. The van der Waals surface area contributed by atoms with Crippen molar-refractivity contribution in [1.29, 1.82) is 0 Å². The van der Waals surface area contributed by atoms with Gasteiger partial charge in [0.2, 0.25) is 5.91 Å². The summed E-state index contributed by atoms with van der Waals surface area (Å²) in [5.41, 5.74) is 4.51. The van der Waals surface area contributed by atoms with Crippen molar-refractivity contribution in [2.45, 2.75) is 20.4 Å². The topological polar surface area (TPSA) is 45.0 Å². The minimum atomic E-state index is 0.0734. The molecule has 0 aliphatic carbocycles. The lowest BCUT2D eigenvalue weighted by atomic mass is 10.1. The Morgan fingerprint density at radius 3 is 2.71 bits per heavy atom. The summed E-state index contributed by atoms with van der Waals surface area (Å²) in [7, 11) is 0. The second-order valence-corrected chi connectivity index (χ2v) is 6.68. The van der Waals surface area contributed by atoms with Crippen molar-refractivity contribution in [2.75, 3.05) is 5.75 Å². The van der Waals surface area contributed by atoms with E-state index < -0.39 is 0 Å². The van der Waals surface area contributed by atoms with Gasteiger partial charge in [0.25, 0.3) is 0 Å². The van der Waals surface area contributed by atoms with Crippen LogP contribution in [0.5, 0.6) is 0 Å². The van der Waals surface area contributed by atoms with Crippen LogP contribution in [0, 0.1) is 13.8 Å². The lowest BCUT2D eigenvalue weighted by molar-refractivity contribution is -0.124. The number of amides is 1. The molecule has 5 heteroatoms. The molecule has 1 heterocycles. The lowest BCUT2D eigenvalue weighted by Gasteiger charge is -2.14. The molecule has 1 fully saturated rings. The van der Waals surface area contributed by atoms with Crippen LogP contribution in [0.3, 0.4) is 0 Å². The zero-order chi connectivity index (χ0) is 16.9. The van der Waals surface area contributed by atoms with E-state index in [9.17, 15) is 4.79 Å². The third kappa shape index (κ3) is 3.92. The van der Waals surface area contributed by atoms with Crippen molar-refractivity contribution in [2.24, 2.45) is 10.2 Å². The second-order valence-electron chi connectivity index (χ2n) is 5.74. The van der Waals surface area contributed by atoms with Crippen LogP contribution in [0.4, 0.5) is 0 Å². The van der Waals surface area contributed by atoms with E-state index in [0.29, 0.717) is 17.5 Å². The molecule has 0 atom stereocenters.